The molecule has 0 fully saturated rings. The molecule has 0 saturated heterocycles. The zero-order valence-corrected chi connectivity index (χ0v) is 16.0. The number of rotatable bonds is 6. The van der Waals surface area contributed by atoms with Gasteiger partial charge in [-0.3, -0.25) is 0 Å². The standard InChI is InChI=1S/C17H26N4S2/c1-5-18-16(20-11-13-7-6-10-22-13)19-9-8-15-21-14(12-23-15)17(2,3)4/h6-7,10,12H,5,8-9,11H2,1-4H3,(H2,18,19,20). The highest BCUT2D eigenvalue weighted by atomic mass is 32.1. The van der Waals surface area contributed by atoms with E-state index in [4.69, 9.17) is 4.98 Å². The Hall–Kier alpha value is -1.40. The van der Waals surface area contributed by atoms with Crippen molar-refractivity contribution in [2.75, 3.05) is 13.1 Å². The number of hydrogen-bond donors (Lipinski definition) is 2. The molecule has 23 heavy (non-hydrogen) atoms. The van der Waals surface area contributed by atoms with Gasteiger partial charge in [0.2, 0.25) is 0 Å². The molecule has 4 nitrogen and oxygen atoms in total. The minimum Gasteiger partial charge on any atom is -0.357 e. The van der Waals surface area contributed by atoms with Gasteiger partial charge in [-0.2, -0.15) is 0 Å². The fourth-order valence-corrected chi connectivity index (χ4v) is 3.61. The monoisotopic (exact) mass is 350 g/mol. The topological polar surface area (TPSA) is 49.3 Å². The van der Waals surface area contributed by atoms with Crippen molar-refractivity contribution in [3.05, 3.63) is 38.5 Å². The summed E-state index contributed by atoms with van der Waals surface area (Å²) in [7, 11) is 0. The zero-order chi connectivity index (χ0) is 16.7. The molecule has 0 saturated carbocycles. The van der Waals surface area contributed by atoms with Crippen molar-refractivity contribution in [3.63, 3.8) is 0 Å². The Morgan fingerprint density at radius 2 is 2.09 bits per heavy atom. The van der Waals surface area contributed by atoms with Crippen LogP contribution >= 0.6 is 22.7 Å². The lowest BCUT2D eigenvalue weighted by Gasteiger charge is -2.14. The van der Waals surface area contributed by atoms with Gasteiger partial charge < -0.3 is 10.6 Å². The maximum Gasteiger partial charge on any atom is 0.191 e. The summed E-state index contributed by atoms with van der Waals surface area (Å²) in [5.74, 6) is 0.869. The fraction of sp³-hybridized carbons (Fsp3) is 0.529. The maximum absolute atomic E-state index is 4.73. The van der Waals surface area contributed by atoms with Crippen molar-refractivity contribution in [2.24, 2.45) is 4.99 Å². The van der Waals surface area contributed by atoms with Crippen LogP contribution in [0.3, 0.4) is 0 Å². The first-order chi connectivity index (χ1) is 11.0. The number of aliphatic imine (C=N–C) groups is 1. The van der Waals surface area contributed by atoms with Gasteiger partial charge in [-0.25, -0.2) is 9.98 Å². The second-order valence-corrected chi connectivity index (χ2v) is 8.30. The Bertz CT molecular complexity index is 609. The quantitative estimate of drug-likeness (QED) is 0.615. The van der Waals surface area contributed by atoms with Gasteiger partial charge >= 0.3 is 0 Å². The van der Waals surface area contributed by atoms with Gasteiger partial charge in [0.25, 0.3) is 0 Å². The molecule has 0 aromatic carbocycles. The van der Waals surface area contributed by atoms with Gasteiger partial charge in [-0.1, -0.05) is 26.8 Å². The number of nitrogens with one attached hydrogen (secondary N) is 2. The molecule has 2 rings (SSSR count). The van der Waals surface area contributed by atoms with Crippen LogP contribution in [0.15, 0.2) is 27.9 Å². The van der Waals surface area contributed by atoms with Crippen molar-refractivity contribution >= 4 is 28.6 Å². The summed E-state index contributed by atoms with van der Waals surface area (Å²) in [4.78, 5) is 10.6. The van der Waals surface area contributed by atoms with Crippen molar-refractivity contribution in [3.8, 4) is 0 Å². The van der Waals surface area contributed by atoms with Crippen LogP contribution < -0.4 is 10.6 Å². The van der Waals surface area contributed by atoms with Crippen LogP contribution in [0.1, 0.15) is 43.3 Å². The summed E-state index contributed by atoms with van der Waals surface area (Å²) in [6.07, 6.45) is 0.921. The minimum atomic E-state index is 0.124. The van der Waals surface area contributed by atoms with E-state index in [1.165, 1.54) is 15.6 Å². The van der Waals surface area contributed by atoms with Gasteiger partial charge in [0.15, 0.2) is 5.96 Å². The zero-order valence-electron chi connectivity index (χ0n) is 14.3. The lowest BCUT2D eigenvalue weighted by molar-refractivity contribution is 0.570. The van der Waals surface area contributed by atoms with Gasteiger partial charge in [0.1, 0.15) is 0 Å². The molecule has 6 heteroatoms. The minimum absolute atomic E-state index is 0.124. The molecular weight excluding hydrogens is 324 g/mol. The Kier molecular flexibility index (Phi) is 6.59. The van der Waals surface area contributed by atoms with E-state index in [0.29, 0.717) is 0 Å². The van der Waals surface area contributed by atoms with E-state index in [1.807, 2.05) is 0 Å². The SMILES string of the molecule is CCNC(=NCc1cccs1)NCCc1nc(C(C)(C)C)cs1. The number of hydrogen-bond acceptors (Lipinski definition) is 4. The average molecular weight is 351 g/mol. The highest BCUT2D eigenvalue weighted by Crippen LogP contribution is 2.23. The van der Waals surface area contributed by atoms with Crippen molar-refractivity contribution < 1.29 is 0 Å². The number of aromatic nitrogens is 1. The molecule has 0 bridgehead atoms. The van der Waals surface area contributed by atoms with Crippen LogP contribution in [-0.4, -0.2) is 24.0 Å². The summed E-state index contributed by atoms with van der Waals surface area (Å²) < 4.78 is 0. The van der Waals surface area contributed by atoms with E-state index in [9.17, 15) is 0 Å². The highest BCUT2D eigenvalue weighted by Gasteiger charge is 2.17. The maximum atomic E-state index is 4.73. The van der Waals surface area contributed by atoms with Gasteiger partial charge in [-0.05, 0) is 18.4 Å². The first kappa shape index (κ1) is 17.9. The summed E-state index contributed by atoms with van der Waals surface area (Å²) in [5.41, 5.74) is 1.30. The molecule has 2 heterocycles. The number of thiazole rings is 1. The Balaban J connectivity index is 1.84. The second-order valence-electron chi connectivity index (χ2n) is 6.33. The molecule has 0 aliphatic rings. The van der Waals surface area contributed by atoms with E-state index in [0.717, 1.165) is 32.0 Å². The van der Waals surface area contributed by atoms with E-state index >= 15 is 0 Å². The molecule has 126 valence electrons. The van der Waals surface area contributed by atoms with E-state index in [1.54, 1.807) is 22.7 Å². The fourth-order valence-electron chi connectivity index (χ4n) is 1.96. The third-order valence-corrected chi connectivity index (χ3v) is 5.04. The molecule has 0 radical (unpaired) electrons. The van der Waals surface area contributed by atoms with E-state index in [-0.39, 0.29) is 5.41 Å². The molecular formula is C17H26N4S2. The molecule has 2 aromatic heterocycles. The van der Waals surface area contributed by atoms with Crippen LogP contribution in [0.2, 0.25) is 0 Å². The van der Waals surface area contributed by atoms with Gasteiger partial charge in [0, 0.05) is 35.2 Å². The van der Waals surface area contributed by atoms with Crippen LogP contribution in [0, 0.1) is 0 Å². The number of nitrogens with zero attached hydrogens (tertiary/aromatic N) is 2. The van der Waals surface area contributed by atoms with Crippen molar-refractivity contribution in [1.29, 1.82) is 0 Å². The third-order valence-electron chi connectivity index (χ3n) is 3.27. The lowest BCUT2D eigenvalue weighted by atomic mass is 9.93. The Morgan fingerprint density at radius 1 is 1.26 bits per heavy atom. The highest BCUT2D eigenvalue weighted by molar-refractivity contribution is 7.10. The molecule has 0 spiro atoms. The lowest BCUT2D eigenvalue weighted by Crippen LogP contribution is -2.38. The van der Waals surface area contributed by atoms with Crippen LogP contribution in [0.5, 0.6) is 0 Å². The van der Waals surface area contributed by atoms with Crippen LogP contribution in [0.25, 0.3) is 0 Å². The predicted octanol–water partition coefficient (Wildman–Crippen LogP) is 3.80. The van der Waals surface area contributed by atoms with Crippen LogP contribution in [-0.2, 0) is 18.4 Å². The molecule has 0 aliphatic heterocycles. The summed E-state index contributed by atoms with van der Waals surface area (Å²) >= 11 is 3.48. The smallest absolute Gasteiger partial charge is 0.191 e. The first-order valence-electron chi connectivity index (χ1n) is 7.98. The molecule has 0 aliphatic carbocycles. The molecule has 0 unspecified atom stereocenters. The van der Waals surface area contributed by atoms with Gasteiger partial charge in [-0.15, -0.1) is 22.7 Å². The van der Waals surface area contributed by atoms with Crippen molar-refractivity contribution in [1.82, 2.24) is 15.6 Å². The van der Waals surface area contributed by atoms with Crippen molar-refractivity contribution in [2.45, 2.75) is 46.1 Å². The van der Waals surface area contributed by atoms with Gasteiger partial charge in [0.05, 0.1) is 17.2 Å². The number of guanidine groups is 1. The summed E-state index contributed by atoms with van der Waals surface area (Å²) in [6.45, 7) is 11.1. The molecule has 0 atom stereocenters. The predicted molar refractivity (Wildman–Crippen MR) is 102 cm³/mol. The van der Waals surface area contributed by atoms with Crippen LogP contribution in [0.4, 0.5) is 0 Å². The average Bonchev–Trinajstić information content (AvgIpc) is 3.15. The molecule has 0 amide bonds. The van der Waals surface area contributed by atoms with E-state index in [2.05, 4.69) is 66.2 Å². The largest absolute Gasteiger partial charge is 0.357 e. The normalized spacial score (nSPS) is 12.4. The third kappa shape index (κ3) is 5.95. The summed E-state index contributed by atoms with van der Waals surface area (Å²) in [5, 5.41) is 12.1. The second kappa shape index (κ2) is 8.45. The van der Waals surface area contributed by atoms with E-state index < -0.39 is 0 Å². The first-order valence-corrected chi connectivity index (χ1v) is 9.74. The molecule has 2 N–H and O–H groups in total. The summed E-state index contributed by atoms with van der Waals surface area (Å²) in [6, 6.07) is 4.17. The molecule has 2 aromatic rings. The Labute approximate surface area is 147 Å². The number of thiophene rings is 1. The Morgan fingerprint density at radius 3 is 2.70 bits per heavy atom.